The third-order valence-electron chi connectivity index (χ3n) is 4.91. The van der Waals surface area contributed by atoms with E-state index >= 15 is 0 Å². The number of barbiturate groups is 1. The Labute approximate surface area is 202 Å². The Morgan fingerprint density at radius 3 is 2.25 bits per heavy atom. The first-order valence-electron chi connectivity index (χ1n) is 9.52. The summed E-state index contributed by atoms with van der Waals surface area (Å²) in [6.07, 6.45) is 1.96. The smallest absolute Gasteiger partial charge is 0.273 e. The van der Waals surface area contributed by atoms with E-state index in [0.717, 1.165) is 20.5 Å². The van der Waals surface area contributed by atoms with Gasteiger partial charge >= 0.3 is 6.03 Å². The number of rotatable bonds is 4. The molecule has 0 aromatic heterocycles. The van der Waals surface area contributed by atoms with Crippen molar-refractivity contribution in [1.29, 1.82) is 0 Å². The fourth-order valence-corrected chi connectivity index (χ4v) is 4.02. The molecule has 160 valence electrons. The molecule has 0 atom stereocenters. The van der Waals surface area contributed by atoms with Crippen molar-refractivity contribution in [2.24, 2.45) is 0 Å². The van der Waals surface area contributed by atoms with Crippen molar-refractivity contribution >= 4 is 68.7 Å². The highest BCUT2D eigenvalue weighted by atomic mass is 79.9. The highest BCUT2D eigenvalue weighted by Crippen LogP contribution is 2.27. The van der Waals surface area contributed by atoms with Crippen LogP contribution in [-0.4, -0.2) is 17.8 Å². The van der Waals surface area contributed by atoms with Gasteiger partial charge in [-0.25, -0.2) is 9.69 Å². The van der Waals surface area contributed by atoms with Crippen molar-refractivity contribution in [2.75, 3.05) is 4.90 Å². The third-order valence-corrected chi connectivity index (χ3v) is 6.16. The fraction of sp³-hybridized carbons (Fsp3) is 0.0417. The summed E-state index contributed by atoms with van der Waals surface area (Å²) < 4.78 is 0.796. The minimum Gasteiger partial charge on any atom is -0.273 e. The van der Waals surface area contributed by atoms with Crippen molar-refractivity contribution in [2.45, 2.75) is 6.42 Å². The first-order chi connectivity index (χ1) is 15.3. The summed E-state index contributed by atoms with van der Waals surface area (Å²) in [7, 11) is 0. The maximum absolute atomic E-state index is 13.0. The number of imide groups is 2. The first kappa shape index (κ1) is 22.3. The SMILES string of the molecule is O=C1NC(=O)N(c2ccc(Br)cc2)C(=O)/C1=C/c1ccc(Cc2ccccc2Cl)c(Cl)c1. The lowest BCUT2D eigenvalue weighted by Gasteiger charge is -2.26. The van der Waals surface area contributed by atoms with Crippen molar-refractivity contribution in [1.82, 2.24) is 5.32 Å². The lowest BCUT2D eigenvalue weighted by Crippen LogP contribution is -2.54. The Hall–Kier alpha value is -2.93. The number of nitrogens with one attached hydrogen (secondary N) is 1. The molecule has 4 amide bonds. The number of urea groups is 1. The molecule has 0 spiro atoms. The lowest BCUT2D eigenvalue weighted by molar-refractivity contribution is -0.122. The molecule has 0 saturated carbocycles. The molecule has 3 aromatic carbocycles. The van der Waals surface area contributed by atoms with E-state index in [1.807, 2.05) is 30.3 Å². The molecule has 1 aliphatic heterocycles. The van der Waals surface area contributed by atoms with Gasteiger partial charge in [-0.15, -0.1) is 0 Å². The lowest BCUT2D eigenvalue weighted by atomic mass is 10.0. The molecule has 8 heteroatoms. The molecule has 5 nitrogen and oxygen atoms in total. The standard InChI is InChI=1S/C24H15BrCl2N2O3/c25-17-7-9-18(10-8-17)29-23(31)19(22(30)28-24(29)32)11-14-5-6-16(21(27)12-14)13-15-3-1-2-4-20(15)26/h1-12H,13H2,(H,28,30,32)/b19-11+. The molecule has 1 heterocycles. The van der Waals surface area contributed by atoms with Crippen LogP contribution in [0.2, 0.25) is 10.0 Å². The first-order valence-corrected chi connectivity index (χ1v) is 11.1. The van der Waals surface area contributed by atoms with Gasteiger partial charge in [0.25, 0.3) is 11.8 Å². The number of anilines is 1. The molecule has 4 rings (SSSR count). The Kier molecular flexibility index (Phi) is 6.46. The van der Waals surface area contributed by atoms with E-state index in [0.29, 0.717) is 27.7 Å². The monoisotopic (exact) mass is 528 g/mol. The van der Waals surface area contributed by atoms with Crippen molar-refractivity contribution < 1.29 is 14.4 Å². The highest BCUT2D eigenvalue weighted by molar-refractivity contribution is 9.10. The number of hydrogen-bond donors (Lipinski definition) is 1. The van der Waals surface area contributed by atoms with Crippen LogP contribution in [0, 0.1) is 0 Å². The van der Waals surface area contributed by atoms with Crippen LogP contribution in [0.15, 0.2) is 76.8 Å². The molecule has 3 aromatic rings. The van der Waals surface area contributed by atoms with Crippen molar-refractivity contribution in [3.63, 3.8) is 0 Å². The average Bonchev–Trinajstić information content (AvgIpc) is 2.75. The van der Waals surface area contributed by atoms with Crippen LogP contribution < -0.4 is 10.2 Å². The van der Waals surface area contributed by atoms with E-state index in [2.05, 4.69) is 21.2 Å². The number of nitrogens with zero attached hydrogens (tertiary/aromatic N) is 1. The van der Waals surface area contributed by atoms with Gasteiger partial charge in [0.2, 0.25) is 0 Å². The van der Waals surface area contributed by atoms with Crippen LogP contribution in [0.1, 0.15) is 16.7 Å². The molecule has 1 saturated heterocycles. The van der Waals surface area contributed by atoms with E-state index in [4.69, 9.17) is 23.2 Å². The summed E-state index contributed by atoms with van der Waals surface area (Å²) in [5, 5.41) is 3.33. The zero-order chi connectivity index (χ0) is 22.8. The minimum atomic E-state index is -0.799. The molecule has 32 heavy (non-hydrogen) atoms. The number of carbonyl (C=O) groups is 3. The number of carbonyl (C=O) groups excluding carboxylic acids is 3. The zero-order valence-corrected chi connectivity index (χ0v) is 19.5. The van der Waals surface area contributed by atoms with Gasteiger partial charge in [0, 0.05) is 20.9 Å². The van der Waals surface area contributed by atoms with Gasteiger partial charge in [0.15, 0.2) is 0 Å². The average molecular weight is 530 g/mol. The molecule has 1 aliphatic rings. The number of hydrogen-bond acceptors (Lipinski definition) is 3. The quantitative estimate of drug-likeness (QED) is 0.332. The third kappa shape index (κ3) is 4.63. The number of amides is 4. The predicted octanol–water partition coefficient (Wildman–Crippen LogP) is 6.01. The summed E-state index contributed by atoms with van der Waals surface area (Å²) in [4.78, 5) is 38.6. The molecule has 1 N–H and O–H groups in total. The predicted molar refractivity (Wildman–Crippen MR) is 129 cm³/mol. The van der Waals surface area contributed by atoms with E-state index in [1.54, 1.807) is 36.4 Å². The van der Waals surface area contributed by atoms with E-state index in [1.165, 1.54) is 6.08 Å². The van der Waals surface area contributed by atoms with Crippen LogP contribution >= 0.6 is 39.1 Å². The van der Waals surface area contributed by atoms with Gasteiger partial charge < -0.3 is 0 Å². The Morgan fingerprint density at radius 2 is 1.56 bits per heavy atom. The normalized spacial score (nSPS) is 15.3. The maximum atomic E-state index is 13.0. The van der Waals surface area contributed by atoms with Crippen LogP contribution in [0.25, 0.3) is 6.08 Å². The molecule has 0 aliphatic carbocycles. The van der Waals surface area contributed by atoms with Gasteiger partial charge in [-0.05, 0) is 59.2 Å². The van der Waals surface area contributed by atoms with Crippen LogP contribution in [0.4, 0.5) is 10.5 Å². The fourth-order valence-electron chi connectivity index (χ4n) is 3.29. The largest absolute Gasteiger partial charge is 0.335 e. The second-order valence-electron chi connectivity index (χ2n) is 7.05. The van der Waals surface area contributed by atoms with Gasteiger partial charge in [0.1, 0.15) is 5.57 Å². The summed E-state index contributed by atoms with van der Waals surface area (Å²) in [6.45, 7) is 0. The Balaban J connectivity index is 1.63. The van der Waals surface area contributed by atoms with E-state index < -0.39 is 17.8 Å². The number of halogens is 3. The van der Waals surface area contributed by atoms with E-state index in [9.17, 15) is 14.4 Å². The van der Waals surface area contributed by atoms with Gasteiger partial charge in [-0.2, -0.15) is 0 Å². The Morgan fingerprint density at radius 1 is 0.875 bits per heavy atom. The second-order valence-corrected chi connectivity index (χ2v) is 8.78. The zero-order valence-electron chi connectivity index (χ0n) is 16.4. The molecule has 0 unspecified atom stereocenters. The van der Waals surface area contributed by atoms with Gasteiger partial charge in [-0.3, -0.25) is 14.9 Å². The minimum absolute atomic E-state index is 0.164. The summed E-state index contributed by atoms with van der Waals surface area (Å²) in [5.74, 6) is -1.47. The van der Waals surface area contributed by atoms with E-state index in [-0.39, 0.29) is 5.57 Å². The van der Waals surface area contributed by atoms with Crippen molar-refractivity contribution in [3.8, 4) is 0 Å². The van der Waals surface area contributed by atoms with Gasteiger partial charge in [-0.1, -0.05) is 69.5 Å². The maximum Gasteiger partial charge on any atom is 0.335 e. The molecule has 0 radical (unpaired) electrons. The van der Waals surface area contributed by atoms with Crippen molar-refractivity contribution in [3.05, 3.63) is 104 Å². The van der Waals surface area contributed by atoms with Crippen LogP contribution in [-0.2, 0) is 16.0 Å². The second kappa shape index (κ2) is 9.28. The molecule has 1 fully saturated rings. The van der Waals surface area contributed by atoms with Crippen LogP contribution in [0.5, 0.6) is 0 Å². The van der Waals surface area contributed by atoms with Crippen LogP contribution in [0.3, 0.4) is 0 Å². The van der Waals surface area contributed by atoms with Gasteiger partial charge in [0.05, 0.1) is 5.69 Å². The molecular weight excluding hydrogens is 515 g/mol. The number of benzene rings is 3. The topological polar surface area (TPSA) is 66.5 Å². The molecule has 0 bridgehead atoms. The Bertz CT molecular complexity index is 1270. The summed E-state index contributed by atoms with van der Waals surface area (Å²) >= 11 is 16.0. The summed E-state index contributed by atoms with van der Waals surface area (Å²) in [5.41, 5.74) is 2.53. The molecular formula is C24H15BrCl2N2O3. The highest BCUT2D eigenvalue weighted by Gasteiger charge is 2.36. The summed E-state index contributed by atoms with van der Waals surface area (Å²) in [6, 6.07) is 18.6.